The van der Waals surface area contributed by atoms with E-state index in [0.717, 1.165) is 25.0 Å². The number of thiophene rings is 1. The van der Waals surface area contributed by atoms with Crippen LogP contribution in [-0.2, 0) is 20.9 Å². The Balaban J connectivity index is 1.49. The molecule has 8 heteroatoms. The summed E-state index contributed by atoms with van der Waals surface area (Å²) in [5.74, 6) is -0.467. The summed E-state index contributed by atoms with van der Waals surface area (Å²) in [5.41, 5.74) is 1.45. The lowest BCUT2D eigenvalue weighted by Gasteiger charge is -2.24. The fourth-order valence-electron chi connectivity index (χ4n) is 3.26. The van der Waals surface area contributed by atoms with Gasteiger partial charge < -0.3 is 15.4 Å². The van der Waals surface area contributed by atoms with Gasteiger partial charge in [-0.1, -0.05) is 23.7 Å². The quantitative estimate of drug-likeness (QED) is 0.633. The van der Waals surface area contributed by atoms with Gasteiger partial charge in [0.1, 0.15) is 0 Å². The van der Waals surface area contributed by atoms with Crippen LogP contribution in [0.2, 0.25) is 5.02 Å². The molecular formula is C21H26ClN3O3S. The van der Waals surface area contributed by atoms with E-state index < -0.39 is 0 Å². The van der Waals surface area contributed by atoms with Gasteiger partial charge in [-0.25, -0.2) is 0 Å². The van der Waals surface area contributed by atoms with Crippen LogP contribution in [0.15, 0.2) is 35.7 Å². The average molecular weight is 436 g/mol. The minimum atomic E-state index is -0.285. The Bertz CT molecular complexity index is 823. The van der Waals surface area contributed by atoms with Gasteiger partial charge in [0.05, 0.1) is 19.2 Å². The average Bonchev–Trinajstić information content (AvgIpc) is 3.38. The Morgan fingerprint density at radius 1 is 1.28 bits per heavy atom. The van der Waals surface area contributed by atoms with Gasteiger partial charge in [-0.3, -0.25) is 14.5 Å². The zero-order chi connectivity index (χ0) is 20.6. The Kier molecular flexibility index (Phi) is 8.06. The van der Waals surface area contributed by atoms with E-state index in [2.05, 4.69) is 21.6 Å². The predicted octanol–water partition coefficient (Wildman–Crippen LogP) is 3.45. The Labute approximate surface area is 180 Å². The molecule has 6 nitrogen and oxygen atoms in total. The third-order valence-electron chi connectivity index (χ3n) is 4.80. The summed E-state index contributed by atoms with van der Waals surface area (Å²) in [6.45, 7) is 4.16. The minimum absolute atomic E-state index is 0.0858. The number of amides is 2. The van der Waals surface area contributed by atoms with Crippen LogP contribution in [0.4, 0.5) is 5.69 Å². The zero-order valence-electron chi connectivity index (χ0n) is 16.4. The second-order valence-corrected chi connectivity index (χ2v) is 8.56. The van der Waals surface area contributed by atoms with Crippen LogP contribution in [0.1, 0.15) is 23.3 Å². The minimum Gasteiger partial charge on any atom is -0.377 e. The number of hydrogen-bond acceptors (Lipinski definition) is 5. The SMILES string of the molecule is Cc1c(Cl)cccc1NC(=O)CNC(=O)CN(Cc1cccs1)C[C@@H]1CCCO1. The topological polar surface area (TPSA) is 70.7 Å². The smallest absolute Gasteiger partial charge is 0.243 e. The Morgan fingerprint density at radius 2 is 2.14 bits per heavy atom. The van der Waals surface area contributed by atoms with Gasteiger partial charge in [0.2, 0.25) is 11.8 Å². The molecule has 0 radical (unpaired) electrons. The van der Waals surface area contributed by atoms with Crippen LogP contribution in [0.3, 0.4) is 0 Å². The first-order chi connectivity index (χ1) is 14.0. The van der Waals surface area contributed by atoms with Gasteiger partial charge >= 0.3 is 0 Å². The van der Waals surface area contributed by atoms with Crippen molar-refractivity contribution < 1.29 is 14.3 Å². The maximum atomic E-state index is 12.4. The number of benzene rings is 1. The third kappa shape index (κ3) is 6.82. The van der Waals surface area contributed by atoms with Crippen molar-refractivity contribution in [3.63, 3.8) is 0 Å². The van der Waals surface area contributed by atoms with Gasteiger partial charge in [0, 0.05) is 35.3 Å². The van der Waals surface area contributed by atoms with Gasteiger partial charge in [-0.05, 0) is 48.9 Å². The number of ether oxygens (including phenoxy) is 1. The maximum Gasteiger partial charge on any atom is 0.243 e. The number of anilines is 1. The molecule has 1 aromatic carbocycles. The van der Waals surface area contributed by atoms with Crippen LogP contribution < -0.4 is 10.6 Å². The van der Waals surface area contributed by atoms with Crippen molar-refractivity contribution in [1.82, 2.24) is 10.2 Å². The van der Waals surface area contributed by atoms with E-state index in [1.807, 2.05) is 18.4 Å². The van der Waals surface area contributed by atoms with Crippen molar-refractivity contribution in [1.29, 1.82) is 0 Å². The number of nitrogens with one attached hydrogen (secondary N) is 2. The van der Waals surface area contributed by atoms with Gasteiger partial charge in [0.25, 0.3) is 0 Å². The zero-order valence-corrected chi connectivity index (χ0v) is 18.0. The first-order valence-corrected chi connectivity index (χ1v) is 10.9. The summed E-state index contributed by atoms with van der Waals surface area (Å²) in [4.78, 5) is 27.9. The summed E-state index contributed by atoms with van der Waals surface area (Å²) < 4.78 is 5.72. The summed E-state index contributed by atoms with van der Waals surface area (Å²) in [6.07, 6.45) is 2.24. The summed E-state index contributed by atoms with van der Waals surface area (Å²) in [5, 5.41) is 8.11. The highest BCUT2D eigenvalue weighted by Crippen LogP contribution is 2.22. The molecular weight excluding hydrogens is 410 g/mol. The van der Waals surface area contributed by atoms with E-state index in [0.29, 0.717) is 23.8 Å². The molecule has 1 saturated heterocycles. The molecule has 2 N–H and O–H groups in total. The van der Waals surface area contributed by atoms with Crippen molar-refractivity contribution >= 4 is 40.4 Å². The molecule has 29 heavy (non-hydrogen) atoms. The fourth-order valence-corrected chi connectivity index (χ4v) is 4.18. The molecule has 0 aliphatic carbocycles. The molecule has 1 fully saturated rings. The summed E-state index contributed by atoms with van der Waals surface area (Å²) in [6, 6.07) is 9.39. The van der Waals surface area contributed by atoms with E-state index in [4.69, 9.17) is 16.3 Å². The maximum absolute atomic E-state index is 12.4. The third-order valence-corrected chi connectivity index (χ3v) is 6.07. The number of rotatable bonds is 9. The molecule has 2 aromatic rings. The number of halogens is 1. The van der Waals surface area contributed by atoms with Crippen LogP contribution >= 0.6 is 22.9 Å². The molecule has 1 aliphatic rings. The van der Waals surface area contributed by atoms with E-state index >= 15 is 0 Å². The Hall–Kier alpha value is -1.93. The first-order valence-electron chi connectivity index (χ1n) is 9.69. The Morgan fingerprint density at radius 3 is 2.86 bits per heavy atom. The highest BCUT2D eigenvalue weighted by Gasteiger charge is 2.21. The standard InChI is InChI=1S/C21H26ClN3O3S/c1-15-18(22)7-2-8-19(15)24-20(26)11-23-21(27)14-25(12-16-5-3-9-28-16)13-17-6-4-10-29-17/h2,4,6-8,10,16H,3,5,9,11-14H2,1H3,(H,23,27)(H,24,26)/t16-/m0/s1. The van der Waals surface area contributed by atoms with E-state index in [1.54, 1.807) is 29.5 Å². The highest BCUT2D eigenvalue weighted by molar-refractivity contribution is 7.09. The van der Waals surface area contributed by atoms with E-state index in [-0.39, 0.29) is 31.0 Å². The molecule has 1 aromatic heterocycles. The van der Waals surface area contributed by atoms with E-state index in [1.165, 1.54) is 4.88 Å². The van der Waals surface area contributed by atoms with Crippen molar-refractivity contribution in [2.24, 2.45) is 0 Å². The van der Waals surface area contributed by atoms with Crippen LogP contribution in [0, 0.1) is 6.92 Å². The number of nitrogens with zero attached hydrogens (tertiary/aromatic N) is 1. The number of hydrogen-bond donors (Lipinski definition) is 2. The lowest BCUT2D eigenvalue weighted by atomic mass is 10.2. The van der Waals surface area contributed by atoms with Crippen LogP contribution in [-0.4, -0.2) is 49.1 Å². The molecule has 156 valence electrons. The molecule has 0 saturated carbocycles. The summed E-state index contributed by atoms with van der Waals surface area (Å²) >= 11 is 7.74. The first kappa shape index (κ1) is 21.8. The lowest BCUT2D eigenvalue weighted by Crippen LogP contribution is -2.42. The molecule has 1 atom stereocenters. The van der Waals surface area contributed by atoms with Gasteiger partial charge in [-0.15, -0.1) is 11.3 Å². The highest BCUT2D eigenvalue weighted by atomic mass is 35.5. The fraction of sp³-hybridized carbons (Fsp3) is 0.429. The monoisotopic (exact) mass is 435 g/mol. The van der Waals surface area contributed by atoms with Crippen LogP contribution in [0.5, 0.6) is 0 Å². The number of carbonyl (C=O) groups is 2. The number of carbonyl (C=O) groups excluding carboxylic acids is 2. The van der Waals surface area contributed by atoms with Gasteiger partial charge in [-0.2, -0.15) is 0 Å². The molecule has 0 spiro atoms. The second kappa shape index (κ2) is 10.7. The van der Waals surface area contributed by atoms with Crippen molar-refractivity contribution in [2.45, 2.75) is 32.4 Å². The second-order valence-electron chi connectivity index (χ2n) is 7.12. The van der Waals surface area contributed by atoms with Gasteiger partial charge in [0.15, 0.2) is 0 Å². The molecule has 3 rings (SSSR count). The lowest BCUT2D eigenvalue weighted by molar-refractivity contribution is -0.125. The van der Waals surface area contributed by atoms with Crippen molar-refractivity contribution in [3.8, 4) is 0 Å². The summed E-state index contributed by atoms with van der Waals surface area (Å²) in [7, 11) is 0. The molecule has 0 bridgehead atoms. The molecule has 1 aliphatic heterocycles. The van der Waals surface area contributed by atoms with E-state index in [9.17, 15) is 9.59 Å². The van der Waals surface area contributed by atoms with Crippen molar-refractivity contribution in [2.75, 3.05) is 31.6 Å². The van der Waals surface area contributed by atoms with Crippen molar-refractivity contribution in [3.05, 3.63) is 51.2 Å². The van der Waals surface area contributed by atoms with Crippen LogP contribution in [0.25, 0.3) is 0 Å². The normalized spacial score (nSPS) is 16.2. The molecule has 2 heterocycles. The molecule has 0 unspecified atom stereocenters. The predicted molar refractivity (Wildman–Crippen MR) is 116 cm³/mol. The molecule has 2 amide bonds. The largest absolute Gasteiger partial charge is 0.377 e.